The fourth-order valence-electron chi connectivity index (χ4n) is 2.56. The van der Waals surface area contributed by atoms with Crippen LogP contribution in [0.3, 0.4) is 0 Å². The van der Waals surface area contributed by atoms with Crippen LogP contribution in [0.5, 0.6) is 0 Å². The standard InChI is InChI=1S/C16H15N3O2S/c20-15(18-6-8-21-9-7-18)13-10-19-11-14(22-16(19)17-13)12-4-2-1-3-5-12/h1-5,10-11H,6-9H2. The van der Waals surface area contributed by atoms with Gasteiger partial charge in [0, 0.05) is 25.5 Å². The van der Waals surface area contributed by atoms with Crippen LogP contribution < -0.4 is 0 Å². The molecule has 3 aromatic rings. The van der Waals surface area contributed by atoms with Gasteiger partial charge in [-0.05, 0) is 5.56 Å². The molecule has 0 unspecified atom stereocenters. The molecular formula is C16H15N3O2S. The van der Waals surface area contributed by atoms with Crippen molar-refractivity contribution in [3.05, 3.63) is 48.4 Å². The molecule has 1 aromatic carbocycles. The number of morpholine rings is 1. The largest absolute Gasteiger partial charge is 0.378 e. The Bertz CT molecular complexity index is 772. The van der Waals surface area contributed by atoms with E-state index in [4.69, 9.17) is 4.74 Å². The van der Waals surface area contributed by atoms with Crippen LogP contribution in [0.1, 0.15) is 10.5 Å². The van der Waals surface area contributed by atoms with Crippen LogP contribution >= 0.6 is 11.3 Å². The van der Waals surface area contributed by atoms with Gasteiger partial charge in [-0.1, -0.05) is 41.7 Å². The van der Waals surface area contributed by atoms with Crippen molar-refractivity contribution in [3.63, 3.8) is 0 Å². The maximum Gasteiger partial charge on any atom is 0.274 e. The minimum Gasteiger partial charge on any atom is -0.378 e. The lowest BCUT2D eigenvalue weighted by Gasteiger charge is -2.25. The number of aromatic nitrogens is 2. The van der Waals surface area contributed by atoms with Gasteiger partial charge in [0.25, 0.3) is 5.91 Å². The summed E-state index contributed by atoms with van der Waals surface area (Å²) in [6.07, 6.45) is 3.84. The Morgan fingerprint density at radius 2 is 1.91 bits per heavy atom. The molecule has 1 fully saturated rings. The molecule has 0 atom stereocenters. The third-order valence-electron chi connectivity index (χ3n) is 3.73. The Labute approximate surface area is 131 Å². The second-order valence-corrected chi connectivity index (χ2v) is 6.19. The number of nitrogens with zero attached hydrogens (tertiary/aromatic N) is 3. The SMILES string of the molecule is O=C(c1cn2cc(-c3ccccc3)sc2n1)N1CCOCC1. The van der Waals surface area contributed by atoms with Crippen LogP contribution in [-0.4, -0.2) is 46.5 Å². The Kier molecular flexibility index (Phi) is 3.40. The lowest BCUT2D eigenvalue weighted by molar-refractivity contribution is 0.0299. The molecule has 0 spiro atoms. The number of amides is 1. The zero-order valence-corrected chi connectivity index (χ0v) is 12.8. The van der Waals surface area contributed by atoms with Gasteiger partial charge in [0.1, 0.15) is 5.69 Å². The summed E-state index contributed by atoms with van der Waals surface area (Å²) >= 11 is 1.59. The van der Waals surface area contributed by atoms with Gasteiger partial charge in [-0.3, -0.25) is 9.20 Å². The van der Waals surface area contributed by atoms with Crippen molar-refractivity contribution in [2.24, 2.45) is 0 Å². The van der Waals surface area contributed by atoms with Gasteiger partial charge in [0.15, 0.2) is 4.96 Å². The molecule has 5 nitrogen and oxygen atoms in total. The highest BCUT2D eigenvalue weighted by Gasteiger charge is 2.21. The average Bonchev–Trinajstić information content (AvgIpc) is 3.15. The summed E-state index contributed by atoms with van der Waals surface area (Å²) in [7, 11) is 0. The molecular weight excluding hydrogens is 298 g/mol. The molecule has 1 saturated heterocycles. The highest BCUT2D eigenvalue weighted by molar-refractivity contribution is 7.20. The van der Waals surface area contributed by atoms with Crippen molar-refractivity contribution in [3.8, 4) is 10.4 Å². The fourth-order valence-corrected chi connectivity index (χ4v) is 3.53. The van der Waals surface area contributed by atoms with Crippen molar-refractivity contribution >= 4 is 22.2 Å². The first-order valence-electron chi connectivity index (χ1n) is 7.22. The van der Waals surface area contributed by atoms with Gasteiger partial charge in [0.2, 0.25) is 0 Å². The lowest BCUT2D eigenvalue weighted by Crippen LogP contribution is -2.40. The van der Waals surface area contributed by atoms with E-state index in [2.05, 4.69) is 17.1 Å². The first kappa shape index (κ1) is 13.5. The Balaban J connectivity index is 1.62. The van der Waals surface area contributed by atoms with Crippen LogP contribution in [0.25, 0.3) is 15.4 Å². The smallest absolute Gasteiger partial charge is 0.274 e. The van der Waals surface area contributed by atoms with Crippen molar-refractivity contribution in [1.29, 1.82) is 0 Å². The van der Waals surface area contributed by atoms with Gasteiger partial charge in [-0.15, -0.1) is 0 Å². The summed E-state index contributed by atoms with van der Waals surface area (Å²) in [5.74, 6) is -0.0135. The first-order valence-corrected chi connectivity index (χ1v) is 8.04. The van der Waals surface area contributed by atoms with E-state index >= 15 is 0 Å². The van der Waals surface area contributed by atoms with E-state index in [9.17, 15) is 4.79 Å². The molecule has 1 aliphatic heterocycles. The van der Waals surface area contributed by atoms with Crippen LogP contribution in [0.4, 0.5) is 0 Å². The third-order valence-corrected chi connectivity index (χ3v) is 4.78. The Hall–Kier alpha value is -2.18. The van der Waals surface area contributed by atoms with Gasteiger partial charge >= 0.3 is 0 Å². The monoisotopic (exact) mass is 313 g/mol. The molecule has 1 aliphatic rings. The second-order valence-electron chi connectivity index (χ2n) is 5.18. The molecule has 6 heteroatoms. The molecule has 0 radical (unpaired) electrons. The van der Waals surface area contributed by atoms with Gasteiger partial charge in [-0.2, -0.15) is 0 Å². The van der Waals surface area contributed by atoms with Crippen molar-refractivity contribution in [2.75, 3.05) is 26.3 Å². The summed E-state index contributed by atoms with van der Waals surface area (Å²) in [6, 6.07) is 10.2. The highest BCUT2D eigenvalue weighted by atomic mass is 32.1. The van der Waals surface area contributed by atoms with E-state index in [1.807, 2.05) is 35.0 Å². The predicted molar refractivity (Wildman–Crippen MR) is 85.2 cm³/mol. The summed E-state index contributed by atoms with van der Waals surface area (Å²) in [5.41, 5.74) is 1.67. The molecule has 22 heavy (non-hydrogen) atoms. The number of ether oxygens (including phenoxy) is 1. The molecule has 0 N–H and O–H groups in total. The predicted octanol–water partition coefficient (Wildman–Crippen LogP) is 2.54. The van der Waals surface area contributed by atoms with E-state index < -0.39 is 0 Å². The van der Waals surface area contributed by atoms with Gasteiger partial charge < -0.3 is 9.64 Å². The molecule has 0 saturated carbocycles. The zero-order chi connectivity index (χ0) is 14.9. The van der Waals surface area contributed by atoms with E-state index in [1.165, 1.54) is 5.56 Å². The molecule has 4 rings (SSSR count). The number of fused-ring (bicyclic) bond motifs is 1. The van der Waals surface area contributed by atoms with E-state index in [0.717, 1.165) is 9.84 Å². The first-order chi connectivity index (χ1) is 10.8. The topological polar surface area (TPSA) is 46.8 Å². The highest BCUT2D eigenvalue weighted by Crippen LogP contribution is 2.28. The quantitative estimate of drug-likeness (QED) is 0.730. The molecule has 2 aromatic heterocycles. The van der Waals surface area contributed by atoms with Gasteiger partial charge in [-0.25, -0.2) is 4.98 Å². The van der Waals surface area contributed by atoms with Crippen LogP contribution in [0, 0.1) is 0 Å². The summed E-state index contributed by atoms with van der Waals surface area (Å²) in [5, 5.41) is 0. The van der Waals surface area contributed by atoms with E-state index in [-0.39, 0.29) is 5.91 Å². The lowest BCUT2D eigenvalue weighted by atomic mass is 10.2. The number of benzene rings is 1. The summed E-state index contributed by atoms with van der Waals surface area (Å²) in [4.78, 5) is 20.7. The minimum atomic E-state index is -0.0135. The molecule has 112 valence electrons. The molecule has 3 heterocycles. The average molecular weight is 313 g/mol. The normalized spacial score (nSPS) is 15.4. The maximum absolute atomic E-state index is 12.4. The zero-order valence-electron chi connectivity index (χ0n) is 11.9. The molecule has 0 bridgehead atoms. The number of rotatable bonds is 2. The van der Waals surface area contributed by atoms with Crippen molar-refractivity contribution < 1.29 is 9.53 Å². The third kappa shape index (κ3) is 2.40. The number of hydrogen-bond acceptors (Lipinski definition) is 4. The van der Waals surface area contributed by atoms with Crippen molar-refractivity contribution in [1.82, 2.24) is 14.3 Å². The van der Waals surface area contributed by atoms with E-state index in [0.29, 0.717) is 32.0 Å². The number of thiazole rings is 1. The number of carbonyl (C=O) groups excluding carboxylic acids is 1. The van der Waals surface area contributed by atoms with Crippen molar-refractivity contribution in [2.45, 2.75) is 0 Å². The molecule has 0 aliphatic carbocycles. The number of carbonyl (C=O) groups is 1. The summed E-state index contributed by atoms with van der Waals surface area (Å²) in [6.45, 7) is 2.48. The molecule has 1 amide bonds. The maximum atomic E-state index is 12.4. The van der Waals surface area contributed by atoms with Crippen LogP contribution in [0.2, 0.25) is 0 Å². The van der Waals surface area contributed by atoms with E-state index in [1.54, 1.807) is 16.2 Å². The van der Waals surface area contributed by atoms with Gasteiger partial charge in [0.05, 0.1) is 18.1 Å². The Morgan fingerprint density at radius 1 is 1.14 bits per heavy atom. The summed E-state index contributed by atoms with van der Waals surface area (Å²) < 4.78 is 7.21. The minimum absolute atomic E-state index is 0.0135. The van der Waals surface area contributed by atoms with Crippen LogP contribution in [0.15, 0.2) is 42.7 Å². The number of hydrogen-bond donors (Lipinski definition) is 0. The fraction of sp³-hybridized carbons (Fsp3) is 0.250. The second kappa shape index (κ2) is 5.55. The Morgan fingerprint density at radius 3 is 2.64 bits per heavy atom. The van der Waals surface area contributed by atoms with Crippen LogP contribution in [-0.2, 0) is 4.74 Å². The number of imidazole rings is 1.